The molecule has 0 aliphatic heterocycles. The number of nitrogens with two attached hydrogens (primary N) is 1. The van der Waals surface area contributed by atoms with Crippen molar-refractivity contribution in [3.05, 3.63) is 36.7 Å². The van der Waals surface area contributed by atoms with E-state index < -0.39 is 0 Å². The van der Waals surface area contributed by atoms with Crippen molar-refractivity contribution in [1.29, 1.82) is 0 Å². The minimum Gasteiger partial charge on any atom is -0.384 e. The lowest BCUT2D eigenvalue weighted by atomic mass is 10.1. The van der Waals surface area contributed by atoms with Crippen LogP contribution in [0.2, 0.25) is 0 Å². The molecule has 18 heavy (non-hydrogen) atoms. The first-order chi connectivity index (χ1) is 8.78. The number of thioether (sulfide) groups is 1. The number of aromatic nitrogens is 4. The normalized spacial score (nSPS) is 10.9. The molecular weight excluding hydrogens is 246 g/mol. The molecule has 6 heteroatoms. The number of hydrogen-bond donors (Lipinski definition) is 1. The van der Waals surface area contributed by atoms with Crippen LogP contribution in [0.25, 0.3) is 16.8 Å². The van der Waals surface area contributed by atoms with Crippen LogP contribution >= 0.6 is 11.8 Å². The van der Waals surface area contributed by atoms with Gasteiger partial charge in [-0.1, -0.05) is 17.8 Å². The van der Waals surface area contributed by atoms with Crippen molar-refractivity contribution in [2.45, 2.75) is 5.16 Å². The summed E-state index contributed by atoms with van der Waals surface area (Å²) in [5, 5.41) is 5.01. The second-order valence-corrected chi connectivity index (χ2v) is 4.55. The van der Waals surface area contributed by atoms with Gasteiger partial charge in [0.15, 0.2) is 5.65 Å². The average molecular weight is 257 g/mol. The number of nitrogens with zero attached hydrogens (tertiary/aromatic N) is 4. The number of rotatable bonds is 2. The zero-order chi connectivity index (χ0) is 12.5. The van der Waals surface area contributed by atoms with Crippen molar-refractivity contribution in [2.24, 2.45) is 0 Å². The molecule has 0 fully saturated rings. The van der Waals surface area contributed by atoms with Gasteiger partial charge in [0, 0.05) is 18.0 Å². The third-order valence-electron chi connectivity index (χ3n) is 2.62. The summed E-state index contributed by atoms with van der Waals surface area (Å²) < 4.78 is 1.64. The number of hydrogen-bond acceptors (Lipinski definition) is 5. The molecule has 0 spiro atoms. The average Bonchev–Trinajstić information content (AvgIpc) is 2.83. The van der Waals surface area contributed by atoms with Gasteiger partial charge in [-0.2, -0.15) is 4.52 Å². The Morgan fingerprint density at radius 1 is 1.28 bits per heavy atom. The van der Waals surface area contributed by atoms with Crippen LogP contribution in [0.3, 0.4) is 0 Å². The summed E-state index contributed by atoms with van der Waals surface area (Å²) in [6, 6.07) is 7.72. The lowest BCUT2D eigenvalue weighted by Gasteiger charge is -2.03. The molecule has 3 aromatic rings. The third-order valence-corrected chi connectivity index (χ3v) is 3.16. The maximum atomic E-state index is 5.99. The molecule has 2 N–H and O–H groups in total. The summed E-state index contributed by atoms with van der Waals surface area (Å²) in [5.74, 6) is 0.569. The fourth-order valence-electron chi connectivity index (χ4n) is 1.78. The minimum atomic E-state index is 0.569. The Morgan fingerprint density at radius 3 is 2.89 bits per heavy atom. The summed E-state index contributed by atoms with van der Waals surface area (Å²) in [5.41, 5.74) is 8.75. The predicted molar refractivity (Wildman–Crippen MR) is 72.4 cm³/mol. The van der Waals surface area contributed by atoms with Crippen LogP contribution in [0.4, 0.5) is 5.82 Å². The molecule has 0 bridgehead atoms. The van der Waals surface area contributed by atoms with Crippen molar-refractivity contribution in [3.8, 4) is 11.1 Å². The summed E-state index contributed by atoms with van der Waals surface area (Å²) in [7, 11) is 0. The SMILES string of the molecule is CSc1nc2cc(-c3cccnc3)cc(N)n2n1. The molecule has 0 saturated carbocycles. The number of nitrogen functional groups attached to an aromatic ring is 1. The highest BCUT2D eigenvalue weighted by Gasteiger charge is 2.08. The van der Waals surface area contributed by atoms with Gasteiger partial charge in [-0.05, 0) is 30.0 Å². The Kier molecular flexibility index (Phi) is 2.64. The Bertz CT molecular complexity index is 692. The van der Waals surface area contributed by atoms with Gasteiger partial charge in [-0.25, -0.2) is 4.98 Å². The zero-order valence-electron chi connectivity index (χ0n) is 9.74. The van der Waals surface area contributed by atoms with Crippen LogP contribution in [0.5, 0.6) is 0 Å². The van der Waals surface area contributed by atoms with E-state index in [1.165, 1.54) is 11.8 Å². The Labute approximate surface area is 108 Å². The van der Waals surface area contributed by atoms with Crippen LogP contribution < -0.4 is 5.73 Å². The first kappa shape index (κ1) is 11.0. The van der Waals surface area contributed by atoms with E-state index >= 15 is 0 Å². The highest BCUT2D eigenvalue weighted by molar-refractivity contribution is 7.98. The topological polar surface area (TPSA) is 69.1 Å². The molecule has 0 amide bonds. The molecule has 5 nitrogen and oxygen atoms in total. The zero-order valence-corrected chi connectivity index (χ0v) is 10.6. The molecule has 3 aromatic heterocycles. The minimum absolute atomic E-state index is 0.569. The summed E-state index contributed by atoms with van der Waals surface area (Å²) in [6.07, 6.45) is 5.48. The molecule has 0 saturated heterocycles. The monoisotopic (exact) mass is 257 g/mol. The molecule has 0 aliphatic rings. The Morgan fingerprint density at radius 2 is 2.17 bits per heavy atom. The summed E-state index contributed by atoms with van der Waals surface area (Å²) >= 11 is 1.49. The quantitative estimate of drug-likeness (QED) is 0.712. The van der Waals surface area contributed by atoms with Gasteiger partial charge in [0.2, 0.25) is 5.16 Å². The highest BCUT2D eigenvalue weighted by atomic mass is 32.2. The summed E-state index contributed by atoms with van der Waals surface area (Å²) in [6.45, 7) is 0. The van der Waals surface area contributed by atoms with E-state index in [4.69, 9.17) is 5.73 Å². The maximum Gasteiger partial charge on any atom is 0.209 e. The fraction of sp³-hybridized carbons (Fsp3) is 0.0833. The van der Waals surface area contributed by atoms with Gasteiger partial charge in [-0.3, -0.25) is 4.98 Å². The molecule has 3 rings (SSSR count). The Hall–Kier alpha value is -2.08. The predicted octanol–water partition coefficient (Wildman–Crippen LogP) is 2.10. The van der Waals surface area contributed by atoms with E-state index in [1.54, 1.807) is 16.9 Å². The van der Waals surface area contributed by atoms with Crippen molar-refractivity contribution in [2.75, 3.05) is 12.0 Å². The molecule has 0 unspecified atom stereocenters. The van der Waals surface area contributed by atoms with Crippen molar-refractivity contribution < 1.29 is 0 Å². The van der Waals surface area contributed by atoms with Gasteiger partial charge in [-0.15, -0.1) is 5.10 Å². The number of pyridine rings is 2. The van der Waals surface area contributed by atoms with Gasteiger partial charge >= 0.3 is 0 Å². The van der Waals surface area contributed by atoms with Crippen LogP contribution in [0.1, 0.15) is 0 Å². The lowest BCUT2D eigenvalue weighted by Crippen LogP contribution is -1.98. The van der Waals surface area contributed by atoms with Gasteiger partial charge < -0.3 is 5.73 Å². The number of anilines is 1. The van der Waals surface area contributed by atoms with E-state index in [0.29, 0.717) is 11.0 Å². The highest BCUT2D eigenvalue weighted by Crippen LogP contribution is 2.23. The van der Waals surface area contributed by atoms with Gasteiger partial charge in [0.05, 0.1) is 0 Å². The van der Waals surface area contributed by atoms with E-state index in [2.05, 4.69) is 15.1 Å². The maximum absolute atomic E-state index is 5.99. The molecule has 90 valence electrons. The van der Waals surface area contributed by atoms with Gasteiger partial charge in [0.1, 0.15) is 5.82 Å². The molecule has 0 aromatic carbocycles. The Balaban J connectivity index is 2.21. The van der Waals surface area contributed by atoms with E-state index in [9.17, 15) is 0 Å². The van der Waals surface area contributed by atoms with Crippen LogP contribution in [0, 0.1) is 0 Å². The fourth-order valence-corrected chi connectivity index (χ4v) is 2.12. The number of fused-ring (bicyclic) bond motifs is 1. The van der Waals surface area contributed by atoms with Crippen molar-refractivity contribution >= 4 is 23.2 Å². The van der Waals surface area contributed by atoms with Crippen molar-refractivity contribution in [1.82, 2.24) is 19.6 Å². The molecular formula is C12H11N5S. The molecule has 3 heterocycles. The van der Waals surface area contributed by atoms with Crippen LogP contribution in [0.15, 0.2) is 41.8 Å². The molecule has 0 radical (unpaired) electrons. The second kappa shape index (κ2) is 4.30. The lowest BCUT2D eigenvalue weighted by molar-refractivity contribution is 0.898. The van der Waals surface area contributed by atoms with Gasteiger partial charge in [0.25, 0.3) is 0 Å². The molecule has 0 aliphatic carbocycles. The molecule has 0 atom stereocenters. The summed E-state index contributed by atoms with van der Waals surface area (Å²) in [4.78, 5) is 8.50. The van der Waals surface area contributed by atoms with E-state index in [0.717, 1.165) is 16.8 Å². The second-order valence-electron chi connectivity index (χ2n) is 3.78. The van der Waals surface area contributed by atoms with Crippen LogP contribution in [-0.2, 0) is 0 Å². The smallest absolute Gasteiger partial charge is 0.209 e. The third kappa shape index (κ3) is 1.80. The largest absolute Gasteiger partial charge is 0.384 e. The first-order valence-electron chi connectivity index (χ1n) is 5.38. The van der Waals surface area contributed by atoms with Crippen LogP contribution in [-0.4, -0.2) is 25.8 Å². The van der Waals surface area contributed by atoms with Crippen molar-refractivity contribution in [3.63, 3.8) is 0 Å². The standard InChI is InChI=1S/C12H11N5S/c1-18-12-15-11-6-9(5-10(13)17(11)16-12)8-3-2-4-14-7-8/h2-7H,13H2,1H3. The van der Waals surface area contributed by atoms with E-state index in [-0.39, 0.29) is 0 Å². The first-order valence-corrected chi connectivity index (χ1v) is 6.61. The van der Waals surface area contributed by atoms with E-state index in [1.807, 2.05) is 30.5 Å².